The average Bonchev–Trinajstić information content (AvgIpc) is 3.28. The molecule has 0 aliphatic heterocycles. The maximum Gasteiger partial charge on any atom is 0.0467 e. The number of fused-ring (bicyclic) bond motifs is 6. The summed E-state index contributed by atoms with van der Waals surface area (Å²) in [5.41, 5.74) is 20.2. The first-order chi connectivity index (χ1) is 19.5. The second-order valence-corrected chi connectivity index (χ2v) is 13.4. The monoisotopic (exact) mass is 533 g/mol. The molecule has 0 atom stereocenters. The Morgan fingerprint density at radius 2 is 1.00 bits per heavy atom. The minimum Gasteiger partial charge on any atom is -0.310 e. The van der Waals surface area contributed by atoms with Gasteiger partial charge in [0.05, 0.1) is 0 Å². The number of anilines is 3. The van der Waals surface area contributed by atoms with Crippen molar-refractivity contribution in [1.29, 1.82) is 0 Å². The molecule has 0 saturated heterocycles. The number of nitrogens with zero attached hydrogens (tertiary/aromatic N) is 1. The molecule has 2 aliphatic carbocycles. The van der Waals surface area contributed by atoms with Crippen LogP contribution in [0.4, 0.5) is 17.1 Å². The molecule has 5 aromatic rings. The summed E-state index contributed by atoms with van der Waals surface area (Å²) in [4.78, 5) is 2.41. The topological polar surface area (TPSA) is 3.24 Å². The third kappa shape index (κ3) is 3.68. The minimum atomic E-state index is -0.110. The quantitative estimate of drug-likeness (QED) is 0.223. The van der Waals surface area contributed by atoms with Crippen LogP contribution in [-0.2, 0) is 10.8 Å². The summed E-state index contributed by atoms with van der Waals surface area (Å²) >= 11 is 0. The summed E-state index contributed by atoms with van der Waals surface area (Å²) in [6.07, 6.45) is 0. The maximum absolute atomic E-state index is 2.54. The van der Waals surface area contributed by atoms with Gasteiger partial charge in [-0.1, -0.05) is 75.7 Å². The zero-order chi connectivity index (χ0) is 28.8. The van der Waals surface area contributed by atoms with E-state index in [1.807, 2.05) is 0 Å². The Labute approximate surface area is 245 Å². The Morgan fingerprint density at radius 3 is 1.61 bits per heavy atom. The summed E-state index contributed by atoms with van der Waals surface area (Å²) in [6.45, 7) is 18.6. The summed E-state index contributed by atoms with van der Waals surface area (Å²) in [5.74, 6) is 0. The molecule has 0 radical (unpaired) electrons. The van der Waals surface area contributed by atoms with Crippen LogP contribution in [0.3, 0.4) is 0 Å². The van der Waals surface area contributed by atoms with Crippen LogP contribution in [0.5, 0.6) is 0 Å². The number of aryl methyl sites for hydroxylation is 4. The predicted octanol–water partition coefficient (Wildman–Crippen LogP) is 11.0. The Morgan fingerprint density at radius 1 is 0.439 bits per heavy atom. The van der Waals surface area contributed by atoms with Crippen molar-refractivity contribution < 1.29 is 0 Å². The molecule has 0 heterocycles. The van der Waals surface area contributed by atoms with Gasteiger partial charge in [0.15, 0.2) is 0 Å². The third-order valence-electron chi connectivity index (χ3n) is 9.72. The van der Waals surface area contributed by atoms with Gasteiger partial charge in [-0.15, -0.1) is 0 Å². The molecule has 0 N–H and O–H groups in total. The molecule has 7 rings (SSSR count). The Kier molecular flexibility index (Phi) is 5.48. The number of para-hydroxylation sites is 1. The highest BCUT2D eigenvalue weighted by Gasteiger charge is 2.43. The van der Waals surface area contributed by atoms with E-state index in [2.05, 4.69) is 151 Å². The maximum atomic E-state index is 2.54. The fourth-order valence-corrected chi connectivity index (χ4v) is 7.69. The van der Waals surface area contributed by atoms with Crippen molar-refractivity contribution in [2.75, 3.05) is 4.90 Å². The molecule has 0 spiro atoms. The zero-order valence-electron chi connectivity index (χ0n) is 25.6. The second kappa shape index (κ2) is 8.70. The van der Waals surface area contributed by atoms with Crippen LogP contribution in [0.15, 0.2) is 91.0 Å². The van der Waals surface area contributed by atoms with Crippen molar-refractivity contribution in [2.24, 2.45) is 0 Å². The van der Waals surface area contributed by atoms with Gasteiger partial charge in [-0.25, -0.2) is 0 Å². The highest BCUT2D eigenvalue weighted by molar-refractivity contribution is 5.93. The molecule has 1 nitrogen and oxygen atoms in total. The van der Waals surface area contributed by atoms with E-state index in [4.69, 9.17) is 0 Å². The highest BCUT2D eigenvalue weighted by atomic mass is 15.1. The van der Waals surface area contributed by atoms with E-state index >= 15 is 0 Å². The number of benzene rings is 5. The molecule has 0 unspecified atom stereocenters. The number of hydrogen-bond acceptors (Lipinski definition) is 1. The molecule has 1 heteroatoms. The van der Waals surface area contributed by atoms with Crippen LogP contribution >= 0.6 is 0 Å². The lowest BCUT2D eigenvalue weighted by atomic mass is 9.79. The van der Waals surface area contributed by atoms with Gasteiger partial charge in [-0.2, -0.15) is 0 Å². The van der Waals surface area contributed by atoms with E-state index in [9.17, 15) is 0 Å². The van der Waals surface area contributed by atoms with Crippen LogP contribution in [-0.4, -0.2) is 0 Å². The van der Waals surface area contributed by atoms with Crippen LogP contribution < -0.4 is 4.90 Å². The molecule has 0 amide bonds. The van der Waals surface area contributed by atoms with Gasteiger partial charge in [0.2, 0.25) is 0 Å². The summed E-state index contributed by atoms with van der Waals surface area (Å²) in [7, 11) is 0. The van der Waals surface area contributed by atoms with Crippen molar-refractivity contribution in [1.82, 2.24) is 0 Å². The van der Waals surface area contributed by atoms with Crippen LogP contribution in [0.25, 0.3) is 22.3 Å². The van der Waals surface area contributed by atoms with Crippen LogP contribution in [0.1, 0.15) is 72.2 Å². The SMILES string of the molecule is Cc1cccc(N(c2ccccc2)c2cc(C)c3c(c2)C(C)(C)c2cc4c(cc2-3)C(C)(C)c2cc(C)cc(C)c2-4)c1. The molecule has 0 aromatic heterocycles. The van der Waals surface area contributed by atoms with E-state index in [-0.39, 0.29) is 10.8 Å². The van der Waals surface area contributed by atoms with Gasteiger partial charge in [0.25, 0.3) is 0 Å². The molecule has 5 aromatic carbocycles. The van der Waals surface area contributed by atoms with Gasteiger partial charge in [0, 0.05) is 27.9 Å². The predicted molar refractivity (Wildman–Crippen MR) is 175 cm³/mol. The van der Waals surface area contributed by atoms with Crippen LogP contribution in [0, 0.1) is 27.7 Å². The Balaban J connectivity index is 1.45. The van der Waals surface area contributed by atoms with Crippen molar-refractivity contribution in [2.45, 2.75) is 66.2 Å². The van der Waals surface area contributed by atoms with Gasteiger partial charge in [0.1, 0.15) is 0 Å². The van der Waals surface area contributed by atoms with Crippen molar-refractivity contribution in [3.05, 3.63) is 136 Å². The number of rotatable bonds is 3. The zero-order valence-corrected chi connectivity index (χ0v) is 25.6. The van der Waals surface area contributed by atoms with E-state index in [1.54, 1.807) is 0 Å². The smallest absolute Gasteiger partial charge is 0.0467 e. The van der Waals surface area contributed by atoms with E-state index in [0.29, 0.717) is 0 Å². The normalized spacial score (nSPS) is 15.2. The first-order valence-corrected chi connectivity index (χ1v) is 14.9. The van der Waals surface area contributed by atoms with Crippen LogP contribution in [0.2, 0.25) is 0 Å². The molecule has 0 bridgehead atoms. The Bertz CT molecular complexity index is 1870. The molecular formula is C40H39N. The fraction of sp³-hybridized carbons (Fsp3) is 0.250. The van der Waals surface area contributed by atoms with Gasteiger partial charge in [-0.3, -0.25) is 0 Å². The molecule has 0 saturated carbocycles. The van der Waals surface area contributed by atoms with Gasteiger partial charge in [-0.05, 0) is 137 Å². The lowest BCUT2D eigenvalue weighted by Gasteiger charge is -2.29. The third-order valence-corrected chi connectivity index (χ3v) is 9.72. The standard InChI is InChI=1S/C40H39N/c1-24-13-12-16-29(18-24)41(28-14-10-9-11-15-28)30-20-27(4)38-32-23-33-31(22-34(32)40(7,8)36(38)21-30)37-26(3)17-25(2)19-35(37)39(33,5)6/h9-23H,1-8H3. The molecule has 204 valence electrons. The van der Waals surface area contributed by atoms with Crippen molar-refractivity contribution in [3.63, 3.8) is 0 Å². The van der Waals surface area contributed by atoms with Crippen molar-refractivity contribution in [3.8, 4) is 22.3 Å². The van der Waals surface area contributed by atoms with Crippen molar-refractivity contribution >= 4 is 17.1 Å². The molecule has 2 aliphatic rings. The van der Waals surface area contributed by atoms with E-state index < -0.39 is 0 Å². The first kappa shape index (κ1) is 25.8. The molecular weight excluding hydrogens is 494 g/mol. The second-order valence-electron chi connectivity index (χ2n) is 13.4. The van der Waals surface area contributed by atoms with E-state index in [1.165, 1.54) is 83.8 Å². The minimum absolute atomic E-state index is 0.0213. The highest BCUT2D eigenvalue weighted by Crippen LogP contribution is 2.58. The van der Waals surface area contributed by atoms with Gasteiger partial charge < -0.3 is 4.90 Å². The summed E-state index contributed by atoms with van der Waals surface area (Å²) in [5, 5.41) is 0. The van der Waals surface area contributed by atoms with Gasteiger partial charge >= 0.3 is 0 Å². The number of hydrogen-bond donors (Lipinski definition) is 0. The fourth-order valence-electron chi connectivity index (χ4n) is 7.69. The summed E-state index contributed by atoms with van der Waals surface area (Å²) in [6, 6.07) is 34.3. The average molecular weight is 534 g/mol. The Hall–Kier alpha value is -4.10. The lowest BCUT2D eigenvalue weighted by Crippen LogP contribution is -2.18. The van der Waals surface area contributed by atoms with E-state index in [0.717, 1.165) is 0 Å². The largest absolute Gasteiger partial charge is 0.310 e. The molecule has 0 fully saturated rings. The summed E-state index contributed by atoms with van der Waals surface area (Å²) < 4.78 is 0. The molecule has 41 heavy (non-hydrogen) atoms. The lowest BCUT2D eigenvalue weighted by molar-refractivity contribution is 0.651. The first-order valence-electron chi connectivity index (χ1n) is 14.9.